The Morgan fingerprint density at radius 2 is 2.00 bits per heavy atom. The lowest BCUT2D eigenvalue weighted by molar-refractivity contribution is -1.16. The molecule has 0 aromatic rings. The van der Waals surface area contributed by atoms with Crippen LogP contribution in [0.2, 0.25) is 0 Å². The summed E-state index contributed by atoms with van der Waals surface area (Å²) < 4.78 is 21.9. The molecule has 3 heteroatoms. The summed E-state index contributed by atoms with van der Waals surface area (Å²) in [5, 5.41) is -1.46. The van der Waals surface area contributed by atoms with Crippen molar-refractivity contribution in [2.24, 2.45) is 0 Å². The molecule has 0 aromatic heterocycles. The lowest BCUT2D eigenvalue weighted by atomic mass is 10.5. The Balaban J connectivity index is 2.63. The maximum absolute atomic E-state index is 11.0. The Morgan fingerprint density at radius 3 is 2.00 bits per heavy atom. The largest absolute Gasteiger partial charge is 0.153 e. The number of halogens is 2. The SMILES string of the molecule is CCC[NH+](F)F. The predicted octanol–water partition coefficient (Wildman–Crippen LogP) is 0.0503. The second-order valence-electron chi connectivity index (χ2n) is 1.09. The van der Waals surface area contributed by atoms with Crippen molar-refractivity contribution in [3.63, 3.8) is 0 Å². The zero-order valence-electron chi connectivity index (χ0n) is 3.67. The molecule has 6 heavy (non-hydrogen) atoms. The van der Waals surface area contributed by atoms with Crippen LogP contribution >= 0.6 is 0 Å². The van der Waals surface area contributed by atoms with E-state index in [1.165, 1.54) is 0 Å². The van der Waals surface area contributed by atoms with Crippen molar-refractivity contribution in [1.29, 1.82) is 0 Å². The number of hydrogen-bond acceptors (Lipinski definition) is 0. The normalized spacial score (nSPS) is 10.0. The summed E-state index contributed by atoms with van der Waals surface area (Å²) in [6.07, 6.45) is 0.544. The first kappa shape index (κ1) is 5.82. The van der Waals surface area contributed by atoms with E-state index in [1.54, 1.807) is 6.92 Å². The average Bonchev–Trinajstić information content (AvgIpc) is 1.35. The van der Waals surface area contributed by atoms with Crippen molar-refractivity contribution < 1.29 is 14.3 Å². The summed E-state index contributed by atoms with van der Waals surface area (Å²) in [7, 11) is 0. The van der Waals surface area contributed by atoms with Crippen molar-refractivity contribution in [1.82, 2.24) is 0 Å². The Labute approximate surface area is 35.4 Å². The van der Waals surface area contributed by atoms with Crippen LogP contribution in [-0.2, 0) is 0 Å². The molecule has 0 atom stereocenters. The molecule has 0 aliphatic rings. The first-order valence-electron chi connectivity index (χ1n) is 1.94. The molecule has 1 N–H and O–H groups in total. The van der Waals surface area contributed by atoms with E-state index in [2.05, 4.69) is 0 Å². The van der Waals surface area contributed by atoms with Crippen LogP contribution in [0, 0.1) is 0 Å². The molecule has 0 aliphatic heterocycles. The van der Waals surface area contributed by atoms with Crippen LogP contribution in [-0.4, -0.2) is 6.54 Å². The van der Waals surface area contributed by atoms with Crippen LogP contribution in [0.3, 0.4) is 0 Å². The van der Waals surface area contributed by atoms with Gasteiger partial charge in [0, 0.05) is 20.7 Å². The minimum Gasteiger partial charge on any atom is -0.0598 e. The highest BCUT2D eigenvalue weighted by Crippen LogP contribution is 1.61. The highest BCUT2D eigenvalue weighted by molar-refractivity contribution is 4.09. The number of hydrogen-bond donors (Lipinski definition) is 1. The fraction of sp³-hybridized carbons (Fsp3) is 1.00. The summed E-state index contributed by atoms with van der Waals surface area (Å²) in [5.74, 6) is 0. The van der Waals surface area contributed by atoms with Gasteiger partial charge in [-0.1, -0.05) is 6.92 Å². The Hall–Kier alpha value is -0.180. The summed E-state index contributed by atoms with van der Waals surface area (Å²) >= 11 is 0. The molecule has 0 spiro atoms. The molecule has 0 rings (SSSR count). The summed E-state index contributed by atoms with van der Waals surface area (Å²) in [6.45, 7) is 1.68. The van der Waals surface area contributed by atoms with Gasteiger partial charge in [0.2, 0.25) is 0 Å². The molecule has 0 radical (unpaired) electrons. The van der Waals surface area contributed by atoms with Gasteiger partial charge in [0.1, 0.15) is 0 Å². The Kier molecular flexibility index (Phi) is 2.94. The van der Waals surface area contributed by atoms with Crippen LogP contribution in [0.25, 0.3) is 0 Å². The van der Waals surface area contributed by atoms with Gasteiger partial charge in [0.05, 0.1) is 0 Å². The van der Waals surface area contributed by atoms with E-state index in [0.29, 0.717) is 6.42 Å². The predicted molar refractivity (Wildman–Crippen MR) is 18.3 cm³/mol. The quantitative estimate of drug-likeness (QED) is 0.463. The van der Waals surface area contributed by atoms with Crippen molar-refractivity contribution in [2.45, 2.75) is 13.3 Å². The Bertz CT molecular complexity index is 30.0. The van der Waals surface area contributed by atoms with Gasteiger partial charge < -0.3 is 0 Å². The first-order valence-corrected chi connectivity index (χ1v) is 1.94. The van der Waals surface area contributed by atoms with Gasteiger partial charge in [-0.05, 0) is 0 Å². The van der Waals surface area contributed by atoms with Crippen molar-refractivity contribution in [2.75, 3.05) is 6.54 Å². The van der Waals surface area contributed by atoms with Gasteiger partial charge in [0.25, 0.3) is 0 Å². The molecule has 0 aromatic carbocycles. The molecule has 0 saturated heterocycles. The monoisotopic (exact) mass is 96.1 g/mol. The summed E-state index contributed by atoms with van der Waals surface area (Å²) in [5.41, 5.74) is 0. The molecular weight excluding hydrogens is 88.0 g/mol. The van der Waals surface area contributed by atoms with Gasteiger partial charge in [-0.2, -0.15) is 0 Å². The maximum Gasteiger partial charge on any atom is 0.153 e. The first-order chi connectivity index (χ1) is 2.77. The van der Waals surface area contributed by atoms with Gasteiger partial charge >= 0.3 is 0 Å². The second kappa shape index (κ2) is 3.03. The lowest BCUT2D eigenvalue weighted by Gasteiger charge is -1.84. The van der Waals surface area contributed by atoms with Crippen molar-refractivity contribution >= 4 is 0 Å². The molecule has 0 saturated carbocycles. The molecule has 0 amide bonds. The van der Waals surface area contributed by atoms with Crippen LogP contribution in [0.1, 0.15) is 13.3 Å². The minimum absolute atomic E-state index is 0.0417. The van der Waals surface area contributed by atoms with Gasteiger partial charge in [0.15, 0.2) is 6.54 Å². The molecule has 0 heterocycles. The standard InChI is InChI=1S/C3H7F2N/c1-2-3-6(4)5/h2-3H2,1H3/p+1. The smallest absolute Gasteiger partial charge is 0.0598 e. The van der Waals surface area contributed by atoms with E-state index >= 15 is 0 Å². The molecule has 0 fully saturated rings. The molecule has 0 bridgehead atoms. The fourth-order valence-corrected chi connectivity index (χ4v) is 0.189. The lowest BCUT2D eigenvalue weighted by Crippen LogP contribution is -2.96. The van der Waals surface area contributed by atoms with Crippen LogP contribution in [0.5, 0.6) is 0 Å². The van der Waals surface area contributed by atoms with E-state index in [0.717, 1.165) is 0 Å². The third-order valence-electron chi connectivity index (χ3n) is 0.439. The minimum atomic E-state index is -1.46. The van der Waals surface area contributed by atoms with E-state index in [1.807, 2.05) is 0 Å². The average molecular weight is 96.1 g/mol. The fourth-order valence-electron chi connectivity index (χ4n) is 0.189. The van der Waals surface area contributed by atoms with Gasteiger partial charge in [-0.15, -0.1) is 0 Å². The molecule has 1 nitrogen and oxygen atoms in total. The van der Waals surface area contributed by atoms with E-state index in [9.17, 15) is 8.96 Å². The van der Waals surface area contributed by atoms with Gasteiger partial charge in [-0.3, -0.25) is 0 Å². The molecule has 38 valence electrons. The number of rotatable bonds is 2. The molecule has 0 aliphatic carbocycles. The number of quaternary nitrogens is 1. The van der Waals surface area contributed by atoms with Gasteiger partial charge in [-0.25, -0.2) is 0 Å². The van der Waals surface area contributed by atoms with Crippen LogP contribution in [0.15, 0.2) is 0 Å². The molecule has 0 unspecified atom stereocenters. The van der Waals surface area contributed by atoms with Crippen molar-refractivity contribution in [3.05, 3.63) is 0 Å². The highest BCUT2D eigenvalue weighted by Gasteiger charge is 1.97. The maximum atomic E-state index is 11.0. The van der Waals surface area contributed by atoms with E-state index < -0.39 is 5.34 Å². The zero-order valence-corrected chi connectivity index (χ0v) is 3.67. The van der Waals surface area contributed by atoms with Crippen molar-refractivity contribution in [3.8, 4) is 0 Å². The third-order valence-corrected chi connectivity index (χ3v) is 0.439. The molecular formula is C3H8F2N+. The third kappa shape index (κ3) is 3.82. The van der Waals surface area contributed by atoms with Crippen LogP contribution < -0.4 is 5.34 Å². The number of nitrogens with one attached hydrogen (secondary N) is 1. The second-order valence-corrected chi connectivity index (χ2v) is 1.09. The Morgan fingerprint density at radius 1 is 1.50 bits per heavy atom. The van der Waals surface area contributed by atoms with Crippen LogP contribution in [0.4, 0.5) is 8.96 Å². The highest BCUT2D eigenvalue weighted by atomic mass is 19.4. The zero-order chi connectivity index (χ0) is 4.99. The van der Waals surface area contributed by atoms with E-state index in [-0.39, 0.29) is 6.54 Å². The summed E-state index contributed by atoms with van der Waals surface area (Å²) in [6, 6.07) is 0. The van der Waals surface area contributed by atoms with E-state index in [4.69, 9.17) is 0 Å². The topological polar surface area (TPSA) is 4.44 Å². The summed E-state index contributed by atoms with van der Waals surface area (Å²) in [4.78, 5) is 0.